The predicted molar refractivity (Wildman–Crippen MR) is 103 cm³/mol. The van der Waals surface area contributed by atoms with E-state index < -0.39 is 17.6 Å². The van der Waals surface area contributed by atoms with Gasteiger partial charge in [0.25, 0.3) is 0 Å². The van der Waals surface area contributed by atoms with Gasteiger partial charge in [-0.1, -0.05) is 41.9 Å². The van der Waals surface area contributed by atoms with Crippen LogP contribution in [0.3, 0.4) is 0 Å². The molecule has 0 aliphatic carbocycles. The lowest BCUT2D eigenvalue weighted by Crippen LogP contribution is -2.32. The molecule has 0 fully saturated rings. The highest BCUT2D eigenvalue weighted by molar-refractivity contribution is 7.14. The normalized spacial score (nSPS) is 10.7. The van der Waals surface area contributed by atoms with Crippen LogP contribution in [0.15, 0.2) is 59.0 Å². The van der Waals surface area contributed by atoms with E-state index in [-0.39, 0.29) is 10.7 Å². The molecule has 0 radical (unpaired) electrons. The molecule has 0 unspecified atom stereocenters. The summed E-state index contributed by atoms with van der Waals surface area (Å²) in [4.78, 5) is 27.9. The summed E-state index contributed by atoms with van der Waals surface area (Å²) in [5.74, 6) is -2.42. The number of nitrogens with one attached hydrogen (secondary N) is 2. The number of nitrogens with zero attached hydrogens (tertiary/aromatic N) is 2. The second-order valence-corrected chi connectivity index (χ2v) is 6.51. The minimum atomic E-state index is -0.995. The first kappa shape index (κ1) is 18.7. The van der Waals surface area contributed by atoms with Crippen LogP contribution in [0.4, 0.5) is 9.52 Å². The molecule has 2 N–H and O–H groups in total. The number of anilines is 1. The molecule has 2 amide bonds. The molecule has 0 saturated heterocycles. The summed E-state index contributed by atoms with van der Waals surface area (Å²) in [7, 11) is 0. The van der Waals surface area contributed by atoms with E-state index in [0.29, 0.717) is 10.7 Å². The third-order valence-corrected chi connectivity index (χ3v) is 4.36. The molecule has 0 aliphatic heterocycles. The molecular weight excluding hydrogens is 391 g/mol. The van der Waals surface area contributed by atoms with Crippen LogP contribution in [0.1, 0.15) is 5.56 Å². The SMILES string of the molecule is O=C(N/N=C/c1ccccc1F)C(=O)Nc1nc(-c2ccc(Cl)cc2)cs1. The number of aromatic nitrogens is 1. The van der Waals surface area contributed by atoms with Crippen molar-refractivity contribution in [2.75, 3.05) is 5.32 Å². The molecule has 2 aromatic carbocycles. The number of benzene rings is 2. The second-order valence-electron chi connectivity index (χ2n) is 5.22. The maximum absolute atomic E-state index is 13.4. The maximum atomic E-state index is 13.4. The molecule has 0 spiro atoms. The Bertz CT molecular complexity index is 1000. The van der Waals surface area contributed by atoms with Crippen molar-refractivity contribution in [2.45, 2.75) is 0 Å². The van der Waals surface area contributed by atoms with Gasteiger partial charge in [-0.05, 0) is 18.2 Å². The Labute approximate surface area is 162 Å². The summed E-state index contributed by atoms with van der Waals surface area (Å²) in [5.41, 5.74) is 3.70. The third-order valence-electron chi connectivity index (χ3n) is 3.35. The monoisotopic (exact) mass is 402 g/mol. The molecule has 1 aromatic heterocycles. The topological polar surface area (TPSA) is 83.5 Å². The molecule has 0 bridgehead atoms. The standard InChI is InChI=1S/C18H12ClFN4O2S/c19-13-7-5-11(6-8-13)15-10-27-18(22-15)23-16(25)17(26)24-21-9-12-3-1-2-4-14(12)20/h1-10H,(H,24,26)(H,22,23,25)/b21-9+. The number of carbonyl (C=O) groups is 2. The van der Waals surface area contributed by atoms with E-state index >= 15 is 0 Å². The molecule has 0 atom stereocenters. The van der Waals surface area contributed by atoms with Crippen LogP contribution in [-0.4, -0.2) is 23.0 Å². The number of rotatable bonds is 4. The van der Waals surface area contributed by atoms with Gasteiger partial charge >= 0.3 is 11.8 Å². The van der Waals surface area contributed by atoms with Crippen molar-refractivity contribution < 1.29 is 14.0 Å². The van der Waals surface area contributed by atoms with Gasteiger partial charge < -0.3 is 0 Å². The summed E-state index contributed by atoms with van der Waals surface area (Å²) in [6.45, 7) is 0. The minimum absolute atomic E-state index is 0.186. The van der Waals surface area contributed by atoms with E-state index in [1.165, 1.54) is 29.5 Å². The van der Waals surface area contributed by atoms with Crippen LogP contribution in [0.5, 0.6) is 0 Å². The Kier molecular flexibility index (Phi) is 5.90. The Morgan fingerprint density at radius 2 is 1.85 bits per heavy atom. The van der Waals surface area contributed by atoms with Crippen molar-refractivity contribution in [3.05, 3.63) is 70.3 Å². The van der Waals surface area contributed by atoms with Gasteiger partial charge in [-0.3, -0.25) is 14.9 Å². The highest BCUT2D eigenvalue weighted by Gasteiger charge is 2.15. The van der Waals surface area contributed by atoms with E-state index in [2.05, 4.69) is 15.4 Å². The number of carbonyl (C=O) groups excluding carboxylic acids is 2. The molecule has 0 saturated carbocycles. The van der Waals surface area contributed by atoms with E-state index in [1.54, 1.807) is 35.7 Å². The molecule has 3 rings (SSSR count). The Hall–Kier alpha value is -3.10. The first-order valence-electron chi connectivity index (χ1n) is 7.63. The summed E-state index contributed by atoms with van der Waals surface area (Å²) < 4.78 is 13.4. The highest BCUT2D eigenvalue weighted by atomic mass is 35.5. The maximum Gasteiger partial charge on any atom is 0.329 e. The predicted octanol–water partition coefficient (Wildman–Crippen LogP) is 3.69. The van der Waals surface area contributed by atoms with Crippen molar-refractivity contribution in [1.29, 1.82) is 0 Å². The quantitative estimate of drug-likeness (QED) is 0.396. The smallest absolute Gasteiger partial charge is 0.294 e. The number of hydrogen-bond acceptors (Lipinski definition) is 5. The van der Waals surface area contributed by atoms with Crippen LogP contribution < -0.4 is 10.7 Å². The van der Waals surface area contributed by atoms with Gasteiger partial charge in [0.1, 0.15) is 5.82 Å². The fraction of sp³-hybridized carbons (Fsp3) is 0. The Balaban J connectivity index is 1.58. The molecule has 1 heterocycles. The number of hydrogen-bond donors (Lipinski definition) is 2. The van der Waals surface area contributed by atoms with Gasteiger partial charge in [0.05, 0.1) is 11.9 Å². The molecule has 0 aliphatic rings. The van der Waals surface area contributed by atoms with Crippen LogP contribution in [0.25, 0.3) is 11.3 Å². The summed E-state index contributed by atoms with van der Waals surface area (Å²) in [6.07, 6.45) is 1.11. The average Bonchev–Trinajstić information content (AvgIpc) is 3.12. The molecular formula is C18H12ClFN4O2S. The van der Waals surface area contributed by atoms with Crippen LogP contribution >= 0.6 is 22.9 Å². The number of amides is 2. The van der Waals surface area contributed by atoms with Crippen LogP contribution in [0.2, 0.25) is 5.02 Å². The summed E-state index contributed by atoms with van der Waals surface area (Å²) in [5, 5.41) is 8.57. The molecule has 136 valence electrons. The molecule has 3 aromatic rings. The second kappa shape index (κ2) is 8.52. The van der Waals surface area contributed by atoms with E-state index in [9.17, 15) is 14.0 Å². The van der Waals surface area contributed by atoms with E-state index in [0.717, 1.165) is 11.8 Å². The Morgan fingerprint density at radius 3 is 2.59 bits per heavy atom. The largest absolute Gasteiger partial charge is 0.329 e. The van der Waals surface area contributed by atoms with Crippen molar-refractivity contribution in [3.8, 4) is 11.3 Å². The zero-order chi connectivity index (χ0) is 19.2. The lowest BCUT2D eigenvalue weighted by molar-refractivity contribution is -0.136. The van der Waals surface area contributed by atoms with E-state index in [1.807, 2.05) is 5.43 Å². The minimum Gasteiger partial charge on any atom is -0.294 e. The first-order valence-corrected chi connectivity index (χ1v) is 8.89. The van der Waals surface area contributed by atoms with Gasteiger partial charge in [0.15, 0.2) is 5.13 Å². The number of halogens is 2. The highest BCUT2D eigenvalue weighted by Crippen LogP contribution is 2.25. The molecule has 9 heteroatoms. The number of thiazole rings is 1. The van der Waals surface area contributed by atoms with Gasteiger partial charge in [0.2, 0.25) is 0 Å². The fourth-order valence-corrected chi connectivity index (χ4v) is 2.87. The molecule has 6 nitrogen and oxygen atoms in total. The summed E-state index contributed by atoms with van der Waals surface area (Å²) >= 11 is 7.02. The first-order chi connectivity index (χ1) is 13.0. The average molecular weight is 403 g/mol. The van der Waals surface area contributed by atoms with Crippen molar-refractivity contribution in [1.82, 2.24) is 10.4 Å². The Morgan fingerprint density at radius 1 is 1.11 bits per heavy atom. The third kappa shape index (κ3) is 4.96. The lowest BCUT2D eigenvalue weighted by atomic mass is 10.2. The van der Waals surface area contributed by atoms with Crippen LogP contribution in [-0.2, 0) is 9.59 Å². The van der Waals surface area contributed by atoms with Crippen molar-refractivity contribution in [3.63, 3.8) is 0 Å². The fourth-order valence-electron chi connectivity index (χ4n) is 2.03. The van der Waals surface area contributed by atoms with Crippen molar-refractivity contribution in [2.24, 2.45) is 5.10 Å². The summed E-state index contributed by atoms with van der Waals surface area (Å²) in [6, 6.07) is 13.0. The van der Waals surface area contributed by atoms with Gasteiger partial charge in [-0.15, -0.1) is 11.3 Å². The number of hydrazone groups is 1. The zero-order valence-electron chi connectivity index (χ0n) is 13.6. The van der Waals surface area contributed by atoms with Crippen LogP contribution in [0, 0.1) is 5.82 Å². The lowest BCUT2D eigenvalue weighted by Gasteiger charge is -2.00. The van der Waals surface area contributed by atoms with Gasteiger partial charge in [0, 0.05) is 21.5 Å². The van der Waals surface area contributed by atoms with Gasteiger partial charge in [-0.2, -0.15) is 5.10 Å². The van der Waals surface area contributed by atoms with E-state index in [4.69, 9.17) is 11.6 Å². The van der Waals surface area contributed by atoms with Crippen molar-refractivity contribution >= 4 is 46.1 Å². The zero-order valence-corrected chi connectivity index (χ0v) is 15.2. The molecule has 27 heavy (non-hydrogen) atoms. The van der Waals surface area contributed by atoms with Gasteiger partial charge in [-0.25, -0.2) is 14.8 Å².